The summed E-state index contributed by atoms with van der Waals surface area (Å²) in [5.41, 5.74) is 0.986. The van der Waals surface area contributed by atoms with Crippen LogP contribution in [0.4, 0.5) is 0 Å². The summed E-state index contributed by atoms with van der Waals surface area (Å²) >= 11 is 0. The normalized spacial score (nSPS) is 19.4. The van der Waals surface area contributed by atoms with E-state index in [1.54, 1.807) is 18.7 Å². The Labute approximate surface area is 99.5 Å². The second-order valence-corrected chi connectivity index (χ2v) is 4.06. The molecule has 0 spiro atoms. The van der Waals surface area contributed by atoms with Gasteiger partial charge in [0.15, 0.2) is 0 Å². The molecule has 1 aliphatic heterocycles. The number of nitrogens with one attached hydrogen (secondary N) is 1. The highest BCUT2D eigenvalue weighted by Gasteiger charge is 2.16. The molecule has 3 heterocycles. The summed E-state index contributed by atoms with van der Waals surface area (Å²) in [5.74, 6) is 0.683. The lowest BCUT2D eigenvalue weighted by molar-refractivity contribution is 0.214. The Morgan fingerprint density at radius 1 is 1.41 bits per heavy atom. The molecule has 5 nitrogen and oxygen atoms in total. The average molecular weight is 230 g/mol. The summed E-state index contributed by atoms with van der Waals surface area (Å²) in [7, 11) is 0. The molecule has 88 valence electrons. The maximum atomic E-state index is 5.75. The minimum Gasteiger partial charge on any atom is -0.473 e. The lowest BCUT2D eigenvalue weighted by atomic mass is 10.3. The van der Waals surface area contributed by atoms with E-state index in [1.807, 2.05) is 22.9 Å². The van der Waals surface area contributed by atoms with Crippen molar-refractivity contribution in [2.75, 3.05) is 13.1 Å². The first-order chi connectivity index (χ1) is 8.42. The van der Waals surface area contributed by atoms with E-state index < -0.39 is 0 Å². The summed E-state index contributed by atoms with van der Waals surface area (Å²) in [6.45, 7) is 1.93. The number of rotatable bonds is 3. The van der Waals surface area contributed by atoms with Crippen LogP contribution >= 0.6 is 0 Å². The predicted octanol–water partition coefficient (Wildman–Crippen LogP) is 1.01. The molecular formula is C12H14N4O. The summed E-state index contributed by atoms with van der Waals surface area (Å²) < 4.78 is 7.66. The van der Waals surface area contributed by atoms with Crippen LogP contribution in [-0.4, -0.2) is 33.7 Å². The molecule has 0 aliphatic carbocycles. The molecule has 2 aromatic heterocycles. The fourth-order valence-electron chi connectivity index (χ4n) is 1.91. The highest BCUT2D eigenvalue weighted by atomic mass is 16.5. The zero-order valence-corrected chi connectivity index (χ0v) is 9.41. The highest BCUT2D eigenvalue weighted by Crippen LogP contribution is 2.14. The van der Waals surface area contributed by atoms with Crippen molar-refractivity contribution in [2.24, 2.45) is 0 Å². The van der Waals surface area contributed by atoms with Gasteiger partial charge in [-0.25, -0.2) is 9.97 Å². The second kappa shape index (κ2) is 4.55. The third kappa shape index (κ3) is 2.29. The molecule has 1 atom stereocenters. The summed E-state index contributed by atoms with van der Waals surface area (Å²) in [6, 6.07) is 3.88. The number of hydrogen-bond donors (Lipinski definition) is 1. The van der Waals surface area contributed by atoms with Gasteiger partial charge in [0.05, 0.1) is 18.2 Å². The Hall–Kier alpha value is -1.88. The molecule has 5 heteroatoms. The first kappa shape index (κ1) is 10.3. The van der Waals surface area contributed by atoms with Gasteiger partial charge in [-0.15, -0.1) is 0 Å². The van der Waals surface area contributed by atoms with Crippen LogP contribution < -0.4 is 10.1 Å². The van der Waals surface area contributed by atoms with Gasteiger partial charge in [0.2, 0.25) is 5.88 Å². The molecule has 0 amide bonds. The van der Waals surface area contributed by atoms with Crippen molar-refractivity contribution in [3.05, 3.63) is 37.1 Å². The fraction of sp³-hybridized carbons (Fsp3) is 0.333. The van der Waals surface area contributed by atoms with Gasteiger partial charge >= 0.3 is 0 Å². The van der Waals surface area contributed by atoms with Crippen molar-refractivity contribution in [1.82, 2.24) is 19.9 Å². The van der Waals surface area contributed by atoms with Crippen LogP contribution in [0.15, 0.2) is 37.1 Å². The van der Waals surface area contributed by atoms with Crippen molar-refractivity contribution in [1.29, 1.82) is 0 Å². The van der Waals surface area contributed by atoms with Crippen molar-refractivity contribution in [2.45, 2.75) is 12.5 Å². The molecule has 1 fully saturated rings. The lowest BCUT2D eigenvalue weighted by Gasteiger charge is -2.11. The number of hydrogen-bond acceptors (Lipinski definition) is 4. The molecule has 0 saturated carbocycles. The molecule has 0 aromatic carbocycles. The molecule has 17 heavy (non-hydrogen) atoms. The van der Waals surface area contributed by atoms with Gasteiger partial charge in [-0.1, -0.05) is 0 Å². The Kier molecular flexibility index (Phi) is 2.75. The summed E-state index contributed by atoms with van der Waals surface area (Å²) in [4.78, 5) is 8.30. The van der Waals surface area contributed by atoms with E-state index in [4.69, 9.17) is 4.74 Å². The maximum absolute atomic E-state index is 5.75. The predicted molar refractivity (Wildman–Crippen MR) is 63.3 cm³/mol. The van der Waals surface area contributed by atoms with Crippen LogP contribution in [0.25, 0.3) is 5.69 Å². The minimum atomic E-state index is 0.251. The second-order valence-electron chi connectivity index (χ2n) is 4.06. The fourth-order valence-corrected chi connectivity index (χ4v) is 1.91. The SMILES string of the molecule is c1cn(-c2ccc(OC3CCNC3)nc2)cn1. The van der Waals surface area contributed by atoms with Gasteiger partial charge in [0.1, 0.15) is 6.10 Å². The molecule has 3 rings (SSSR count). The van der Waals surface area contributed by atoms with E-state index in [9.17, 15) is 0 Å². The van der Waals surface area contributed by atoms with Gasteiger partial charge in [-0.3, -0.25) is 0 Å². The zero-order chi connectivity index (χ0) is 11.5. The highest BCUT2D eigenvalue weighted by molar-refractivity contribution is 5.31. The first-order valence-electron chi connectivity index (χ1n) is 5.73. The Bertz CT molecular complexity index is 460. The lowest BCUT2D eigenvalue weighted by Crippen LogP contribution is -2.20. The minimum absolute atomic E-state index is 0.251. The number of aromatic nitrogens is 3. The van der Waals surface area contributed by atoms with E-state index in [1.165, 1.54) is 0 Å². The van der Waals surface area contributed by atoms with Gasteiger partial charge in [0.25, 0.3) is 0 Å². The van der Waals surface area contributed by atoms with Crippen molar-refractivity contribution >= 4 is 0 Å². The topological polar surface area (TPSA) is 52.0 Å². The molecular weight excluding hydrogens is 216 g/mol. The molecule has 0 bridgehead atoms. The summed E-state index contributed by atoms with van der Waals surface area (Å²) in [6.07, 6.45) is 8.47. The third-order valence-corrected chi connectivity index (χ3v) is 2.83. The molecule has 1 unspecified atom stereocenters. The zero-order valence-electron chi connectivity index (χ0n) is 9.41. The number of imidazole rings is 1. The van der Waals surface area contributed by atoms with Gasteiger partial charge in [0, 0.05) is 25.0 Å². The number of pyridine rings is 1. The van der Waals surface area contributed by atoms with E-state index in [2.05, 4.69) is 15.3 Å². The van der Waals surface area contributed by atoms with Crippen LogP contribution in [0.2, 0.25) is 0 Å². The van der Waals surface area contributed by atoms with Crippen molar-refractivity contribution in [3.8, 4) is 11.6 Å². The summed E-state index contributed by atoms with van der Waals surface area (Å²) in [5, 5.41) is 3.26. The standard InChI is InChI=1S/C12H14N4O/c1-2-12(17-11-3-4-13-8-11)15-7-10(1)16-6-5-14-9-16/h1-2,5-7,9,11,13H,3-4,8H2. The first-order valence-corrected chi connectivity index (χ1v) is 5.73. The average Bonchev–Trinajstić information content (AvgIpc) is 3.01. The van der Waals surface area contributed by atoms with E-state index in [-0.39, 0.29) is 6.10 Å². The molecule has 1 N–H and O–H groups in total. The monoisotopic (exact) mass is 230 g/mol. The van der Waals surface area contributed by atoms with E-state index >= 15 is 0 Å². The number of nitrogens with zero attached hydrogens (tertiary/aromatic N) is 3. The van der Waals surface area contributed by atoms with Crippen LogP contribution in [0, 0.1) is 0 Å². The quantitative estimate of drug-likeness (QED) is 0.855. The third-order valence-electron chi connectivity index (χ3n) is 2.83. The molecule has 2 aromatic rings. The van der Waals surface area contributed by atoms with Crippen LogP contribution in [-0.2, 0) is 0 Å². The van der Waals surface area contributed by atoms with E-state index in [0.29, 0.717) is 5.88 Å². The molecule has 0 radical (unpaired) electrons. The van der Waals surface area contributed by atoms with Gasteiger partial charge < -0.3 is 14.6 Å². The van der Waals surface area contributed by atoms with Gasteiger partial charge in [-0.05, 0) is 19.0 Å². The van der Waals surface area contributed by atoms with Crippen LogP contribution in [0.5, 0.6) is 5.88 Å². The van der Waals surface area contributed by atoms with E-state index in [0.717, 1.165) is 25.2 Å². The van der Waals surface area contributed by atoms with Gasteiger partial charge in [-0.2, -0.15) is 0 Å². The van der Waals surface area contributed by atoms with Crippen LogP contribution in [0.1, 0.15) is 6.42 Å². The number of ether oxygens (including phenoxy) is 1. The smallest absolute Gasteiger partial charge is 0.213 e. The van der Waals surface area contributed by atoms with Crippen LogP contribution in [0.3, 0.4) is 0 Å². The Morgan fingerprint density at radius 3 is 3.06 bits per heavy atom. The molecule has 1 aliphatic rings. The largest absolute Gasteiger partial charge is 0.473 e. The maximum Gasteiger partial charge on any atom is 0.213 e. The van der Waals surface area contributed by atoms with Crippen molar-refractivity contribution in [3.63, 3.8) is 0 Å². The Morgan fingerprint density at radius 2 is 2.41 bits per heavy atom. The Balaban J connectivity index is 1.71. The molecule has 1 saturated heterocycles. The van der Waals surface area contributed by atoms with Crippen molar-refractivity contribution < 1.29 is 4.74 Å².